The van der Waals surface area contributed by atoms with Crippen molar-refractivity contribution in [1.29, 1.82) is 0 Å². The summed E-state index contributed by atoms with van der Waals surface area (Å²) in [4.78, 5) is 21.2. The molecule has 2 aromatic rings. The Kier molecular flexibility index (Phi) is 4.17. The number of ether oxygens (including phenoxy) is 1. The molecule has 1 aromatic heterocycles. The van der Waals surface area contributed by atoms with Gasteiger partial charge in [-0.25, -0.2) is 4.79 Å². The van der Waals surface area contributed by atoms with E-state index in [-0.39, 0.29) is 11.4 Å². The molecule has 27 heavy (non-hydrogen) atoms. The molecule has 3 fully saturated rings. The first kappa shape index (κ1) is 16.8. The number of fused-ring (bicyclic) bond motifs is 1. The van der Waals surface area contributed by atoms with Gasteiger partial charge in [-0.2, -0.15) is 4.98 Å². The van der Waals surface area contributed by atoms with E-state index in [0.717, 1.165) is 63.3 Å². The third-order valence-corrected chi connectivity index (χ3v) is 5.97. The minimum absolute atomic E-state index is 0.0361. The molecule has 4 heterocycles. The van der Waals surface area contributed by atoms with Crippen LogP contribution in [-0.4, -0.2) is 68.4 Å². The Morgan fingerprint density at radius 1 is 1.22 bits per heavy atom. The van der Waals surface area contributed by atoms with Crippen molar-refractivity contribution < 1.29 is 13.9 Å². The quantitative estimate of drug-likeness (QED) is 0.839. The molecule has 0 radical (unpaired) electrons. The van der Waals surface area contributed by atoms with Crippen LogP contribution in [0.4, 0.5) is 16.5 Å². The van der Waals surface area contributed by atoms with Crippen LogP contribution in [0.1, 0.15) is 12.8 Å². The molecule has 144 valence electrons. The summed E-state index contributed by atoms with van der Waals surface area (Å²) < 4.78 is 11.3. The fraction of sp³-hybridized carbons (Fsp3) is 0.579. The Labute approximate surface area is 157 Å². The third kappa shape index (κ3) is 3.23. The van der Waals surface area contributed by atoms with E-state index in [0.29, 0.717) is 24.8 Å². The molecule has 2 N–H and O–H groups in total. The van der Waals surface area contributed by atoms with Crippen molar-refractivity contribution in [2.75, 3.05) is 62.7 Å². The molecule has 8 heteroatoms. The number of hydrogen-bond donors (Lipinski definition) is 2. The Balaban J connectivity index is 1.28. The first-order chi connectivity index (χ1) is 13.2. The van der Waals surface area contributed by atoms with Crippen LogP contribution in [-0.2, 0) is 4.74 Å². The Morgan fingerprint density at radius 2 is 2.11 bits per heavy atom. The number of amides is 2. The molecule has 5 rings (SSSR count). The van der Waals surface area contributed by atoms with Gasteiger partial charge in [0.25, 0.3) is 6.01 Å². The number of aromatic nitrogens is 1. The molecule has 2 amide bonds. The molecule has 1 unspecified atom stereocenters. The number of oxazole rings is 1. The number of anilines is 2. The van der Waals surface area contributed by atoms with Crippen molar-refractivity contribution in [3.8, 4) is 0 Å². The predicted octanol–water partition coefficient (Wildman–Crippen LogP) is 1.88. The lowest BCUT2D eigenvalue weighted by Gasteiger charge is -2.24. The van der Waals surface area contributed by atoms with Gasteiger partial charge in [-0.3, -0.25) is 0 Å². The van der Waals surface area contributed by atoms with Gasteiger partial charge in [-0.15, -0.1) is 0 Å². The first-order valence-electron chi connectivity index (χ1n) is 9.71. The largest absolute Gasteiger partial charge is 0.423 e. The number of nitrogens with zero attached hydrogens (tertiary/aromatic N) is 3. The van der Waals surface area contributed by atoms with Crippen LogP contribution >= 0.6 is 0 Å². The van der Waals surface area contributed by atoms with E-state index >= 15 is 0 Å². The molecule has 1 aromatic carbocycles. The Morgan fingerprint density at radius 3 is 2.93 bits per heavy atom. The number of likely N-dealkylation sites (tertiary alicyclic amines) is 1. The summed E-state index contributed by atoms with van der Waals surface area (Å²) in [6, 6.07) is 6.21. The summed E-state index contributed by atoms with van der Waals surface area (Å²) in [7, 11) is 0. The summed E-state index contributed by atoms with van der Waals surface area (Å²) in [5.41, 5.74) is 2.50. The molecule has 0 saturated carbocycles. The van der Waals surface area contributed by atoms with Crippen molar-refractivity contribution >= 4 is 28.8 Å². The van der Waals surface area contributed by atoms with Crippen LogP contribution in [0.15, 0.2) is 22.6 Å². The second-order valence-electron chi connectivity index (χ2n) is 7.81. The SMILES string of the molecule is O=C(Nc1ccc2nc(N3CCOCC3)oc2c1)N1CCC2(CCNC2)C1. The van der Waals surface area contributed by atoms with E-state index in [1.807, 2.05) is 23.1 Å². The highest BCUT2D eigenvalue weighted by atomic mass is 16.5. The minimum Gasteiger partial charge on any atom is -0.423 e. The highest BCUT2D eigenvalue weighted by Gasteiger charge is 2.41. The van der Waals surface area contributed by atoms with E-state index in [4.69, 9.17) is 9.15 Å². The van der Waals surface area contributed by atoms with Gasteiger partial charge in [0.05, 0.1) is 13.2 Å². The number of urea groups is 1. The van der Waals surface area contributed by atoms with Crippen LogP contribution in [0.25, 0.3) is 11.1 Å². The summed E-state index contributed by atoms with van der Waals surface area (Å²) >= 11 is 0. The van der Waals surface area contributed by atoms with Gasteiger partial charge in [0.2, 0.25) is 0 Å². The van der Waals surface area contributed by atoms with Crippen molar-refractivity contribution in [2.24, 2.45) is 5.41 Å². The highest BCUT2D eigenvalue weighted by Crippen LogP contribution is 2.36. The van der Waals surface area contributed by atoms with Crippen LogP contribution in [0.5, 0.6) is 0 Å². The van der Waals surface area contributed by atoms with E-state index in [2.05, 4.69) is 20.5 Å². The van der Waals surface area contributed by atoms with Crippen LogP contribution in [0.2, 0.25) is 0 Å². The molecule has 0 aliphatic carbocycles. The predicted molar refractivity (Wildman–Crippen MR) is 102 cm³/mol. The van der Waals surface area contributed by atoms with Gasteiger partial charge < -0.3 is 29.6 Å². The highest BCUT2D eigenvalue weighted by molar-refractivity contribution is 5.92. The van der Waals surface area contributed by atoms with Gasteiger partial charge in [0.15, 0.2) is 5.58 Å². The van der Waals surface area contributed by atoms with Gasteiger partial charge in [-0.05, 0) is 31.5 Å². The minimum atomic E-state index is -0.0361. The summed E-state index contributed by atoms with van der Waals surface area (Å²) in [5, 5.41) is 6.44. The molecular formula is C19H25N5O3. The summed E-state index contributed by atoms with van der Waals surface area (Å²) in [6.07, 6.45) is 2.24. The lowest BCUT2D eigenvalue weighted by Crippen LogP contribution is -2.36. The molecule has 1 spiro atoms. The maximum atomic E-state index is 12.7. The van der Waals surface area contributed by atoms with Crippen LogP contribution in [0.3, 0.4) is 0 Å². The van der Waals surface area contributed by atoms with Crippen LogP contribution in [0, 0.1) is 5.41 Å². The number of benzene rings is 1. The van der Waals surface area contributed by atoms with E-state index in [1.165, 1.54) is 0 Å². The summed E-state index contributed by atoms with van der Waals surface area (Å²) in [6.45, 7) is 6.66. The number of carbonyl (C=O) groups is 1. The van der Waals surface area contributed by atoms with Crippen LogP contribution < -0.4 is 15.5 Å². The number of hydrogen-bond acceptors (Lipinski definition) is 6. The zero-order valence-corrected chi connectivity index (χ0v) is 15.4. The zero-order valence-electron chi connectivity index (χ0n) is 15.4. The second-order valence-corrected chi connectivity index (χ2v) is 7.81. The van der Waals surface area contributed by atoms with Gasteiger partial charge >= 0.3 is 6.03 Å². The number of rotatable bonds is 2. The maximum absolute atomic E-state index is 12.7. The van der Waals surface area contributed by atoms with Crippen molar-refractivity contribution in [3.63, 3.8) is 0 Å². The molecule has 3 aliphatic rings. The molecule has 0 bridgehead atoms. The van der Waals surface area contributed by atoms with Gasteiger partial charge in [-0.1, -0.05) is 0 Å². The molecular weight excluding hydrogens is 346 g/mol. The molecule has 8 nitrogen and oxygen atoms in total. The second kappa shape index (κ2) is 6.69. The monoisotopic (exact) mass is 371 g/mol. The molecule has 3 saturated heterocycles. The molecule has 3 aliphatic heterocycles. The van der Waals surface area contributed by atoms with E-state index in [9.17, 15) is 4.79 Å². The van der Waals surface area contributed by atoms with E-state index < -0.39 is 0 Å². The van der Waals surface area contributed by atoms with E-state index in [1.54, 1.807) is 0 Å². The fourth-order valence-electron chi connectivity index (χ4n) is 4.33. The Hall–Kier alpha value is -2.32. The normalized spacial score (nSPS) is 25.6. The lowest BCUT2D eigenvalue weighted by molar-refractivity contribution is 0.120. The third-order valence-electron chi connectivity index (χ3n) is 5.97. The van der Waals surface area contributed by atoms with Crippen molar-refractivity contribution in [2.45, 2.75) is 12.8 Å². The van der Waals surface area contributed by atoms with Gasteiger partial charge in [0, 0.05) is 49.9 Å². The zero-order chi connectivity index (χ0) is 18.3. The lowest BCUT2D eigenvalue weighted by atomic mass is 9.87. The number of nitrogens with one attached hydrogen (secondary N) is 2. The average molecular weight is 371 g/mol. The Bertz CT molecular complexity index is 839. The average Bonchev–Trinajstić information content (AvgIpc) is 3.43. The molecule has 1 atom stereocenters. The fourth-order valence-corrected chi connectivity index (χ4v) is 4.33. The summed E-state index contributed by atoms with van der Waals surface area (Å²) in [5.74, 6) is 0. The number of carbonyl (C=O) groups excluding carboxylic acids is 1. The van der Waals surface area contributed by atoms with Gasteiger partial charge in [0.1, 0.15) is 5.52 Å². The van der Waals surface area contributed by atoms with Crippen molar-refractivity contribution in [1.82, 2.24) is 15.2 Å². The topological polar surface area (TPSA) is 82.9 Å². The maximum Gasteiger partial charge on any atom is 0.321 e. The van der Waals surface area contributed by atoms with Crippen molar-refractivity contribution in [3.05, 3.63) is 18.2 Å². The first-order valence-corrected chi connectivity index (χ1v) is 9.71. The number of morpholine rings is 1. The smallest absolute Gasteiger partial charge is 0.321 e. The standard InChI is InChI=1S/C19H25N5O3/c25-17(24-6-4-19(13-24)3-5-20-12-19)21-14-1-2-15-16(11-14)27-18(22-15)23-7-9-26-10-8-23/h1-2,11,20H,3-10,12-13H2,(H,21,25).